The molecule has 0 spiro atoms. The first kappa shape index (κ1) is 16.7. The van der Waals surface area contributed by atoms with Gasteiger partial charge in [0.1, 0.15) is 11.3 Å². The van der Waals surface area contributed by atoms with Crippen molar-refractivity contribution in [2.24, 2.45) is 0 Å². The van der Waals surface area contributed by atoms with Crippen molar-refractivity contribution in [1.82, 2.24) is 0 Å². The predicted octanol–water partition coefficient (Wildman–Crippen LogP) is 3.36. The molecule has 21 heavy (non-hydrogen) atoms. The molecular formula is C12H8F5NO3. The molecule has 0 bridgehead atoms. The van der Waals surface area contributed by atoms with Crippen molar-refractivity contribution < 1.29 is 36.2 Å². The minimum absolute atomic E-state index is 0.224. The summed E-state index contributed by atoms with van der Waals surface area (Å²) in [6, 6.07) is 2.55. The quantitative estimate of drug-likeness (QED) is 0.632. The predicted molar refractivity (Wildman–Crippen MR) is 58.7 cm³/mol. The summed E-state index contributed by atoms with van der Waals surface area (Å²) in [6.07, 6.45) is -5.14. The highest BCUT2D eigenvalue weighted by molar-refractivity contribution is 5.92. The lowest BCUT2D eigenvalue weighted by Crippen LogP contribution is -2.18. The van der Waals surface area contributed by atoms with E-state index in [9.17, 15) is 26.7 Å². The zero-order valence-corrected chi connectivity index (χ0v) is 10.5. The van der Waals surface area contributed by atoms with Crippen molar-refractivity contribution >= 4 is 5.97 Å². The van der Waals surface area contributed by atoms with Crippen LogP contribution in [0.5, 0.6) is 5.75 Å². The van der Waals surface area contributed by atoms with Crippen molar-refractivity contribution in [3.63, 3.8) is 0 Å². The second-order valence-corrected chi connectivity index (χ2v) is 3.61. The van der Waals surface area contributed by atoms with E-state index < -0.39 is 41.2 Å². The van der Waals surface area contributed by atoms with Gasteiger partial charge in [0, 0.05) is 0 Å². The molecule has 0 N–H and O–H groups in total. The molecule has 0 aliphatic rings. The van der Waals surface area contributed by atoms with Crippen molar-refractivity contribution in [2.75, 3.05) is 6.61 Å². The molecule has 0 radical (unpaired) electrons. The Balaban J connectivity index is 3.59. The number of hydrogen-bond donors (Lipinski definition) is 0. The van der Waals surface area contributed by atoms with E-state index >= 15 is 0 Å². The molecule has 0 heterocycles. The van der Waals surface area contributed by atoms with E-state index in [0.717, 1.165) is 0 Å². The monoisotopic (exact) mass is 309 g/mol. The third-order valence-electron chi connectivity index (χ3n) is 2.23. The van der Waals surface area contributed by atoms with Crippen LogP contribution in [0.2, 0.25) is 0 Å². The van der Waals surface area contributed by atoms with Gasteiger partial charge in [0.2, 0.25) is 0 Å². The van der Waals surface area contributed by atoms with Gasteiger partial charge in [-0.3, -0.25) is 0 Å². The zero-order valence-electron chi connectivity index (χ0n) is 10.5. The Bertz CT molecular complexity index is 577. The maximum absolute atomic E-state index is 13.0. The van der Waals surface area contributed by atoms with E-state index in [1.807, 2.05) is 0 Å². The lowest BCUT2D eigenvalue weighted by Gasteiger charge is -2.17. The summed E-state index contributed by atoms with van der Waals surface area (Å²) in [5.74, 6) is -2.69. The number of nitrogens with zero attached hydrogens (tertiary/aromatic N) is 1. The number of carbonyl (C=O) groups excluding carboxylic acids is 1. The number of esters is 1. The molecule has 0 aliphatic heterocycles. The fraction of sp³-hybridized carbons (Fsp3) is 0.333. The zero-order chi connectivity index (χ0) is 16.2. The highest BCUT2D eigenvalue weighted by atomic mass is 19.4. The Morgan fingerprint density at radius 2 is 2.00 bits per heavy atom. The highest BCUT2D eigenvalue weighted by Crippen LogP contribution is 2.40. The summed E-state index contributed by atoms with van der Waals surface area (Å²) in [5.41, 5.74) is -3.21. The van der Waals surface area contributed by atoms with Crippen LogP contribution in [0.25, 0.3) is 0 Å². The second-order valence-electron chi connectivity index (χ2n) is 3.61. The number of nitriles is 1. The molecule has 0 fully saturated rings. The van der Waals surface area contributed by atoms with Gasteiger partial charge in [-0.25, -0.2) is 4.79 Å². The maximum Gasteiger partial charge on any atom is 0.420 e. The fourth-order valence-corrected chi connectivity index (χ4v) is 1.53. The SMILES string of the molecule is CCOC(=O)c1cc(C#N)cc(OC(F)F)c1C(F)(F)F. The molecule has 0 saturated carbocycles. The molecule has 0 unspecified atom stereocenters. The average molecular weight is 309 g/mol. The number of benzene rings is 1. The first-order chi connectivity index (χ1) is 9.70. The highest BCUT2D eigenvalue weighted by Gasteiger charge is 2.40. The Kier molecular flexibility index (Phi) is 5.07. The first-order valence-electron chi connectivity index (χ1n) is 5.48. The van der Waals surface area contributed by atoms with Crippen LogP contribution < -0.4 is 4.74 Å². The number of alkyl halides is 5. The number of hydrogen-bond acceptors (Lipinski definition) is 4. The maximum atomic E-state index is 13.0. The summed E-state index contributed by atoms with van der Waals surface area (Å²) >= 11 is 0. The number of rotatable bonds is 4. The average Bonchev–Trinajstić information content (AvgIpc) is 2.35. The van der Waals surface area contributed by atoms with Gasteiger partial charge >= 0.3 is 18.8 Å². The van der Waals surface area contributed by atoms with E-state index in [4.69, 9.17) is 5.26 Å². The van der Waals surface area contributed by atoms with Gasteiger partial charge in [-0.2, -0.15) is 27.2 Å². The van der Waals surface area contributed by atoms with Gasteiger partial charge in [0.15, 0.2) is 0 Å². The Hall–Kier alpha value is -2.37. The van der Waals surface area contributed by atoms with Crippen LogP contribution in [0.3, 0.4) is 0 Å². The largest absolute Gasteiger partial charge is 0.462 e. The van der Waals surface area contributed by atoms with Crippen molar-refractivity contribution in [3.8, 4) is 11.8 Å². The van der Waals surface area contributed by atoms with Gasteiger partial charge in [-0.1, -0.05) is 0 Å². The van der Waals surface area contributed by atoms with E-state index in [1.165, 1.54) is 13.0 Å². The number of halogens is 5. The summed E-state index contributed by atoms with van der Waals surface area (Å²) in [5, 5.41) is 8.70. The van der Waals surface area contributed by atoms with E-state index in [-0.39, 0.29) is 6.61 Å². The number of carbonyl (C=O) groups is 1. The van der Waals surface area contributed by atoms with Crippen molar-refractivity contribution in [1.29, 1.82) is 5.26 Å². The van der Waals surface area contributed by atoms with E-state index in [2.05, 4.69) is 9.47 Å². The minimum Gasteiger partial charge on any atom is -0.462 e. The standard InChI is InChI=1S/C12H8F5NO3/c1-2-20-10(19)7-3-6(5-18)4-8(21-11(13)14)9(7)12(15,16)17/h3-4,11H,2H2,1H3. The summed E-state index contributed by atoms with van der Waals surface area (Å²) in [4.78, 5) is 11.5. The second kappa shape index (κ2) is 6.39. The van der Waals surface area contributed by atoms with Crippen LogP contribution in [0.1, 0.15) is 28.4 Å². The van der Waals surface area contributed by atoms with Crippen LogP contribution in [0.15, 0.2) is 12.1 Å². The third kappa shape index (κ3) is 4.05. The molecule has 0 amide bonds. The fourth-order valence-electron chi connectivity index (χ4n) is 1.53. The topological polar surface area (TPSA) is 59.3 Å². The Labute approximate surface area is 115 Å². The van der Waals surface area contributed by atoms with Crippen LogP contribution in [-0.4, -0.2) is 19.2 Å². The third-order valence-corrected chi connectivity index (χ3v) is 2.23. The molecule has 0 aliphatic carbocycles. The molecule has 0 atom stereocenters. The Morgan fingerprint density at radius 1 is 1.38 bits per heavy atom. The van der Waals surface area contributed by atoms with E-state index in [1.54, 1.807) is 0 Å². The normalized spacial score (nSPS) is 11.1. The molecule has 0 aromatic heterocycles. The van der Waals surface area contributed by atoms with Crippen LogP contribution in [-0.2, 0) is 10.9 Å². The van der Waals surface area contributed by atoms with E-state index in [0.29, 0.717) is 12.1 Å². The molecule has 0 saturated heterocycles. The van der Waals surface area contributed by atoms with Gasteiger partial charge in [0.25, 0.3) is 0 Å². The van der Waals surface area contributed by atoms with Crippen molar-refractivity contribution in [3.05, 3.63) is 28.8 Å². The molecule has 9 heteroatoms. The van der Waals surface area contributed by atoms with Crippen molar-refractivity contribution in [2.45, 2.75) is 19.7 Å². The molecular weight excluding hydrogens is 301 g/mol. The van der Waals surface area contributed by atoms with Crippen LogP contribution >= 0.6 is 0 Å². The van der Waals surface area contributed by atoms with Crippen LogP contribution in [0.4, 0.5) is 22.0 Å². The molecule has 4 nitrogen and oxygen atoms in total. The van der Waals surface area contributed by atoms with Gasteiger partial charge in [-0.05, 0) is 19.1 Å². The Morgan fingerprint density at radius 3 is 2.43 bits per heavy atom. The minimum atomic E-state index is -5.14. The van der Waals surface area contributed by atoms with Crippen LogP contribution in [0, 0.1) is 11.3 Å². The lowest BCUT2D eigenvalue weighted by atomic mass is 10.0. The lowest BCUT2D eigenvalue weighted by molar-refractivity contribution is -0.142. The van der Waals surface area contributed by atoms with Gasteiger partial charge in [0.05, 0.1) is 23.8 Å². The summed E-state index contributed by atoms with van der Waals surface area (Å²) in [7, 11) is 0. The smallest absolute Gasteiger partial charge is 0.420 e. The first-order valence-corrected chi connectivity index (χ1v) is 5.48. The summed E-state index contributed by atoms with van der Waals surface area (Å²) < 4.78 is 71.6. The molecule has 1 rings (SSSR count). The molecule has 114 valence electrons. The number of ether oxygens (including phenoxy) is 2. The van der Waals surface area contributed by atoms with Gasteiger partial charge in [-0.15, -0.1) is 0 Å². The molecule has 1 aromatic rings. The summed E-state index contributed by atoms with van der Waals surface area (Å²) in [6.45, 7) is -2.41. The van der Waals surface area contributed by atoms with Gasteiger partial charge < -0.3 is 9.47 Å². The molecule has 1 aromatic carbocycles.